The van der Waals surface area contributed by atoms with Crippen LogP contribution in [0.1, 0.15) is 5.56 Å². The predicted molar refractivity (Wildman–Crippen MR) is 45.5 cm³/mol. The molecule has 0 aliphatic carbocycles. The van der Waals surface area contributed by atoms with Gasteiger partial charge < -0.3 is 5.11 Å². The number of aryl methyl sites for hydroxylation is 1. The molecule has 0 radical (unpaired) electrons. The van der Waals surface area contributed by atoms with Crippen LogP contribution in [-0.4, -0.2) is 5.11 Å². The Morgan fingerprint density at radius 2 is 2.10 bits per heavy atom. The fraction of sp³-hybridized carbons (Fsp3) is 0.143. The minimum atomic E-state index is -0.536. The summed E-state index contributed by atoms with van der Waals surface area (Å²) in [5, 5.41) is 8.90. The first kappa shape index (κ1) is 7.78. The minimum absolute atomic E-state index is 0.274. The van der Waals surface area contributed by atoms with Crippen molar-refractivity contribution >= 4 is 22.6 Å². The zero-order valence-corrected chi connectivity index (χ0v) is 7.52. The first-order valence-electron chi connectivity index (χ1n) is 2.76. The SMILES string of the molecule is Cc1cc(O)c(F)c(I)c1. The van der Waals surface area contributed by atoms with Crippen LogP contribution in [0.5, 0.6) is 5.75 Å². The molecule has 0 spiro atoms. The second-order valence-corrected chi connectivity index (χ2v) is 3.24. The molecule has 54 valence electrons. The van der Waals surface area contributed by atoms with Crippen molar-refractivity contribution in [2.45, 2.75) is 6.92 Å². The Bertz CT molecular complexity index is 237. The van der Waals surface area contributed by atoms with Crippen molar-refractivity contribution in [3.8, 4) is 5.75 Å². The third-order valence-electron chi connectivity index (χ3n) is 1.15. The van der Waals surface area contributed by atoms with Gasteiger partial charge in [0.15, 0.2) is 11.6 Å². The Hall–Kier alpha value is -0.320. The van der Waals surface area contributed by atoms with E-state index >= 15 is 0 Å². The molecule has 0 unspecified atom stereocenters. The Balaban J connectivity index is 3.31. The van der Waals surface area contributed by atoms with E-state index in [4.69, 9.17) is 5.11 Å². The fourth-order valence-electron chi connectivity index (χ4n) is 0.706. The summed E-state index contributed by atoms with van der Waals surface area (Å²) in [6.45, 7) is 1.81. The summed E-state index contributed by atoms with van der Waals surface area (Å²) in [6, 6.07) is 3.08. The largest absolute Gasteiger partial charge is 0.505 e. The maximum Gasteiger partial charge on any atom is 0.178 e. The first-order valence-corrected chi connectivity index (χ1v) is 3.84. The predicted octanol–water partition coefficient (Wildman–Crippen LogP) is 2.44. The minimum Gasteiger partial charge on any atom is -0.505 e. The van der Waals surface area contributed by atoms with Gasteiger partial charge in [-0.3, -0.25) is 0 Å². The monoisotopic (exact) mass is 252 g/mol. The number of phenols is 1. The standard InChI is InChI=1S/C7H6FIO/c1-4-2-5(9)7(8)6(10)3-4/h2-3,10H,1H3. The van der Waals surface area contributed by atoms with Gasteiger partial charge in [0.05, 0.1) is 3.57 Å². The normalized spacial score (nSPS) is 9.90. The number of halogens is 2. The highest BCUT2D eigenvalue weighted by Gasteiger charge is 2.04. The molecule has 3 heteroatoms. The molecule has 0 saturated carbocycles. The highest BCUT2D eigenvalue weighted by Crippen LogP contribution is 2.22. The smallest absolute Gasteiger partial charge is 0.178 e. The van der Waals surface area contributed by atoms with E-state index in [0.717, 1.165) is 5.56 Å². The Morgan fingerprint density at radius 3 is 2.60 bits per heavy atom. The van der Waals surface area contributed by atoms with Gasteiger partial charge in [-0.15, -0.1) is 0 Å². The summed E-state index contributed by atoms with van der Waals surface area (Å²) in [6.07, 6.45) is 0. The molecule has 1 nitrogen and oxygen atoms in total. The van der Waals surface area contributed by atoms with Gasteiger partial charge in [-0.1, -0.05) is 0 Å². The van der Waals surface area contributed by atoms with E-state index in [-0.39, 0.29) is 5.75 Å². The van der Waals surface area contributed by atoms with Gasteiger partial charge in [-0.25, -0.2) is 4.39 Å². The molecule has 0 amide bonds. The molecular formula is C7H6FIO. The number of benzene rings is 1. The van der Waals surface area contributed by atoms with E-state index in [0.29, 0.717) is 3.57 Å². The molecule has 0 saturated heterocycles. The Kier molecular flexibility index (Phi) is 2.13. The van der Waals surface area contributed by atoms with Crippen molar-refractivity contribution in [2.24, 2.45) is 0 Å². The Morgan fingerprint density at radius 1 is 1.50 bits per heavy atom. The molecule has 10 heavy (non-hydrogen) atoms. The van der Waals surface area contributed by atoms with Crippen LogP contribution in [0.2, 0.25) is 0 Å². The van der Waals surface area contributed by atoms with Crippen molar-refractivity contribution in [3.63, 3.8) is 0 Å². The third-order valence-corrected chi connectivity index (χ3v) is 1.94. The van der Waals surface area contributed by atoms with Crippen molar-refractivity contribution in [3.05, 3.63) is 27.1 Å². The fourth-order valence-corrected chi connectivity index (χ4v) is 1.47. The van der Waals surface area contributed by atoms with Gasteiger partial charge in [0.25, 0.3) is 0 Å². The van der Waals surface area contributed by atoms with Gasteiger partial charge in [-0.05, 0) is 47.2 Å². The summed E-state index contributed by atoms with van der Waals surface area (Å²) in [5.74, 6) is -0.810. The molecule has 0 aromatic heterocycles. The topological polar surface area (TPSA) is 20.2 Å². The van der Waals surface area contributed by atoms with E-state index in [2.05, 4.69) is 0 Å². The molecule has 1 rings (SSSR count). The lowest BCUT2D eigenvalue weighted by atomic mass is 10.2. The van der Waals surface area contributed by atoms with Crippen LogP contribution in [0.15, 0.2) is 12.1 Å². The van der Waals surface area contributed by atoms with Gasteiger partial charge >= 0.3 is 0 Å². The quantitative estimate of drug-likeness (QED) is 0.703. The highest BCUT2D eigenvalue weighted by molar-refractivity contribution is 14.1. The van der Waals surface area contributed by atoms with E-state index in [1.807, 2.05) is 22.6 Å². The van der Waals surface area contributed by atoms with E-state index in [9.17, 15) is 4.39 Å². The molecule has 1 aromatic carbocycles. The molecule has 0 atom stereocenters. The van der Waals surface area contributed by atoms with Crippen molar-refractivity contribution in [1.29, 1.82) is 0 Å². The van der Waals surface area contributed by atoms with Crippen molar-refractivity contribution in [2.75, 3.05) is 0 Å². The highest BCUT2D eigenvalue weighted by atomic mass is 127. The maximum atomic E-state index is 12.7. The second kappa shape index (κ2) is 2.74. The van der Waals surface area contributed by atoms with Crippen LogP contribution in [-0.2, 0) is 0 Å². The summed E-state index contributed by atoms with van der Waals surface area (Å²) in [4.78, 5) is 0. The number of rotatable bonds is 0. The lowest BCUT2D eigenvalue weighted by molar-refractivity contribution is 0.429. The third kappa shape index (κ3) is 1.39. The number of aromatic hydroxyl groups is 1. The van der Waals surface area contributed by atoms with Crippen LogP contribution >= 0.6 is 22.6 Å². The van der Waals surface area contributed by atoms with Crippen molar-refractivity contribution in [1.82, 2.24) is 0 Å². The van der Waals surface area contributed by atoms with Crippen LogP contribution in [0.3, 0.4) is 0 Å². The molecule has 0 aliphatic rings. The molecule has 0 aliphatic heterocycles. The molecule has 1 aromatic rings. The molecule has 0 bridgehead atoms. The summed E-state index contributed by atoms with van der Waals surface area (Å²) < 4.78 is 13.1. The number of phenolic OH excluding ortho intramolecular Hbond substituents is 1. The first-order chi connectivity index (χ1) is 4.61. The zero-order valence-electron chi connectivity index (χ0n) is 5.36. The van der Waals surface area contributed by atoms with Gasteiger partial charge in [-0.2, -0.15) is 0 Å². The van der Waals surface area contributed by atoms with Crippen molar-refractivity contribution < 1.29 is 9.50 Å². The maximum absolute atomic E-state index is 12.7. The molecule has 0 fully saturated rings. The van der Waals surface area contributed by atoms with Gasteiger partial charge in [0, 0.05) is 0 Å². The summed E-state index contributed by atoms with van der Waals surface area (Å²) >= 11 is 1.84. The van der Waals surface area contributed by atoms with Gasteiger partial charge in [0.2, 0.25) is 0 Å². The summed E-state index contributed by atoms with van der Waals surface area (Å²) in [5.41, 5.74) is 0.864. The Labute approximate surface area is 72.0 Å². The van der Waals surface area contributed by atoms with Crippen LogP contribution < -0.4 is 0 Å². The average Bonchev–Trinajstić information content (AvgIpc) is 1.82. The summed E-state index contributed by atoms with van der Waals surface area (Å²) in [7, 11) is 0. The van der Waals surface area contributed by atoms with Crippen LogP contribution in [0.25, 0.3) is 0 Å². The average molecular weight is 252 g/mol. The lowest BCUT2D eigenvalue weighted by Gasteiger charge is -1.98. The van der Waals surface area contributed by atoms with Crippen LogP contribution in [0.4, 0.5) is 4.39 Å². The lowest BCUT2D eigenvalue weighted by Crippen LogP contribution is -1.83. The molecule has 1 N–H and O–H groups in total. The van der Waals surface area contributed by atoms with Crippen LogP contribution in [0, 0.1) is 16.3 Å². The zero-order chi connectivity index (χ0) is 7.72. The number of hydrogen-bond acceptors (Lipinski definition) is 1. The molecule has 0 heterocycles. The second-order valence-electron chi connectivity index (χ2n) is 2.08. The van der Waals surface area contributed by atoms with E-state index in [1.54, 1.807) is 13.0 Å². The molecular weight excluding hydrogens is 246 g/mol. The van der Waals surface area contributed by atoms with Gasteiger partial charge in [0.1, 0.15) is 0 Å². The van der Waals surface area contributed by atoms with E-state index in [1.165, 1.54) is 6.07 Å². The number of hydrogen-bond donors (Lipinski definition) is 1. The van der Waals surface area contributed by atoms with E-state index < -0.39 is 5.82 Å².